The number of rotatable bonds is 9. The lowest BCUT2D eigenvalue weighted by atomic mass is 10.3. The lowest BCUT2D eigenvalue weighted by Gasteiger charge is -2.21. The molecular weight excluding hydrogens is 224 g/mol. The summed E-state index contributed by atoms with van der Waals surface area (Å²) in [5.74, 6) is 0. The van der Waals surface area contributed by atoms with Crippen molar-refractivity contribution in [3.8, 4) is 0 Å². The zero-order valence-corrected chi connectivity index (χ0v) is 11.3. The number of nitrogens with one attached hydrogen (secondary N) is 1. The summed E-state index contributed by atoms with van der Waals surface area (Å²) in [4.78, 5) is 2.57. The zero-order chi connectivity index (χ0) is 12.6. The summed E-state index contributed by atoms with van der Waals surface area (Å²) in [5, 5.41) is 3.46. The topological polar surface area (TPSA) is 24.5 Å². The van der Waals surface area contributed by atoms with Gasteiger partial charge in [0.2, 0.25) is 0 Å². The van der Waals surface area contributed by atoms with Crippen LogP contribution in [0.15, 0.2) is 30.3 Å². The highest BCUT2D eigenvalue weighted by Gasteiger charge is 2.27. The number of anilines is 1. The average molecular weight is 248 g/mol. The number of ether oxygens (including phenoxy) is 1. The van der Waals surface area contributed by atoms with Gasteiger partial charge in [0, 0.05) is 38.5 Å². The Morgan fingerprint density at radius 2 is 2.00 bits per heavy atom. The summed E-state index contributed by atoms with van der Waals surface area (Å²) in [5.41, 5.74) is 1.22. The third-order valence-corrected chi connectivity index (χ3v) is 3.37. The first-order valence-electron chi connectivity index (χ1n) is 6.92. The molecule has 0 atom stereocenters. The van der Waals surface area contributed by atoms with Crippen molar-refractivity contribution in [3.05, 3.63) is 30.3 Å². The first-order valence-corrected chi connectivity index (χ1v) is 6.92. The standard InChI is InChI=1S/C15H24N2O/c1-18-13-12-17(15-8-9-15)11-5-10-16-14-6-3-2-4-7-14/h2-4,6-7,15-16H,5,8-13H2,1H3. The van der Waals surface area contributed by atoms with E-state index in [0.717, 1.165) is 25.7 Å². The van der Waals surface area contributed by atoms with Gasteiger partial charge in [-0.05, 0) is 31.4 Å². The van der Waals surface area contributed by atoms with Crippen LogP contribution in [-0.2, 0) is 4.74 Å². The summed E-state index contributed by atoms with van der Waals surface area (Å²) in [6, 6.07) is 11.2. The quantitative estimate of drug-likeness (QED) is 0.680. The number of nitrogens with zero attached hydrogens (tertiary/aromatic N) is 1. The number of para-hydroxylation sites is 1. The van der Waals surface area contributed by atoms with E-state index in [4.69, 9.17) is 4.74 Å². The number of methoxy groups -OCH3 is 1. The molecule has 1 aliphatic carbocycles. The Bertz CT molecular complexity index is 325. The van der Waals surface area contributed by atoms with Crippen LogP contribution >= 0.6 is 0 Å². The molecular formula is C15H24N2O. The Balaban J connectivity index is 1.61. The summed E-state index contributed by atoms with van der Waals surface area (Å²) in [6.45, 7) is 4.14. The minimum atomic E-state index is 0.830. The van der Waals surface area contributed by atoms with E-state index in [9.17, 15) is 0 Å². The lowest BCUT2D eigenvalue weighted by Crippen LogP contribution is -2.31. The summed E-state index contributed by atoms with van der Waals surface area (Å²) in [6.07, 6.45) is 3.93. The van der Waals surface area contributed by atoms with Crippen molar-refractivity contribution >= 4 is 5.69 Å². The molecule has 1 N–H and O–H groups in total. The van der Waals surface area contributed by atoms with E-state index in [1.165, 1.54) is 31.5 Å². The summed E-state index contributed by atoms with van der Waals surface area (Å²) in [7, 11) is 1.78. The third kappa shape index (κ3) is 4.67. The van der Waals surface area contributed by atoms with E-state index in [1.807, 2.05) is 6.07 Å². The first-order chi connectivity index (χ1) is 8.90. The van der Waals surface area contributed by atoms with Crippen LogP contribution in [0.2, 0.25) is 0 Å². The van der Waals surface area contributed by atoms with Crippen LogP contribution in [0.3, 0.4) is 0 Å². The molecule has 100 valence electrons. The van der Waals surface area contributed by atoms with E-state index >= 15 is 0 Å². The molecule has 0 spiro atoms. The largest absolute Gasteiger partial charge is 0.385 e. The monoisotopic (exact) mass is 248 g/mol. The molecule has 0 saturated heterocycles. The Morgan fingerprint density at radius 1 is 1.22 bits per heavy atom. The fraction of sp³-hybridized carbons (Fsp3) is 0.600. The van der Waals surface area contributed by atoms with E-state index in [-0.39, 0.29) is 0 Å². The zero-order valence-electron chi connectivity index (χ0n) is 11.3. The van der Waals surface area contributed by atoms with Gasteiger partial charge in [-0.1, -0.05) is 18.2 Å². The van der Waals surface area contributed by atoms with Crippen LogP contribution in [0.5, 0.6) is 0 Å². The highest BCUT2D eigenvalue weighted by atomic mass is 16.5. The van der Waals surface area contributed by atoms with E-state index in [0.29, 0.717) is 0 Å². The van der Waals surface area contributed by atoms with Gasteiger partial charge < -0.3 is 10.1 Å². The molecule has 18 heavy (non-hydrogen) atoms. The van der Waals surface area contributed by atoms with Gasteiger partial charge in [-0.2, -0.15) is 0 Å². The second kappa shape index (κ2) is 7.39. The van der Waals surface area contributed by atoms with Crippen LogP contribution in [0.4, 0.5) is 5.69 Å². The average Bonchev–Trinajstić information content (AvgIpc) is 3.23. The van der Waals surface area contributed by atoms with Crippen molar-refractivity contribution in [1.29, 1.82) is 0 Å². The van der Waals surface area contributed by atoms with Gasteiger partial charge in [0.15, 0.2) is 0 Å². The van der Waals surface area contributed by atoms with Crippen molar-refractivity contribution in [3.63, 3.8) is 0 Å². The Hall–Kier alpha value is -1.06. The molecule has 1 aromatic rings. The van der Waals surface area contributed by atoms with Gasteiger partial charge in [0.1, 0.15) is 0 Å². The van der Waals surface area contributed by atoms with Crippen molar-refractivity contribution in [2.24, 2.45) is 0 Å². The smallest absolute Gasteiger partial charge is 0.0589 e. The van der Waals surface area contributed by atoms with E-state index in [1.54, 1.807) is 7.11 Å². The fourth-order valence-corrected chi connectivity index (χ4v) is 2.20. The second-order valence-electron chi connectivity index (χ2n) is 4.91. The van der Waals surface area contributed by atoms with Crippen molar-refractivity contribution in [1.82, 2.24) is 4.90 Å². The van der Waals surface area contributed by atoms with E-state index < -0.39 is 0 Å². The second-order valence-corrected chi connectivity index (χ2v) is 4.91. The minimum absolute atomic E-state index is 0.830. The van der Waals surface area contributed by atoms with Gasteiger partial charge in [-0.25, -0.2) is 0 Å². The van der Waals surface area contributed by atoms with Crippen LogP contribution in [0.25, 0.3) is 0 Å². The van der Waals surface area contributed by atoms with Gasteiger partial charge in [-0.3, -0.25) is 4.90 Å². The Kier molecular flexibility index (Phi) is 5.49. The van der Waals surface area contributed by atoms with Crippen molar-refractivity contribution < 1.29 is 4.74 Å². The van der Waals surface area contributed by atoms with Crippen LogP contribution in [0, 0.1) is 0 Å². The molecule has 0 radical (unpaired) electrons. The molecule has 2 rings (SSSR count). The van der Waals surface area contributed by atoms with Gasteiger partial charge >= 0.3 is 0 Å². The van der Waals surface area contributed by atoms with Crippen LogP contribution in [0.1, 0.15) is 19.3 Å². The first kappa shape index (κ1) is 13.4. The minimum Gasteiger partial charge on any atom is -0.385 e. The molecule has 1 fully saturated rings. The molecule has 1 aliphatic rings. The van der Waals surface area contributed by atoms with E-state index in [2.05, 4.69) is 34.5 Å². The Morgan fingerprint density at radius 3 is 2.67 bits per heavy atom. The number of benzene rings is 1. The molecule has 0 heterocycles. The molecule has 0 bridgehead atoms. The normalized spacial score (nSPS) is 15.0. The van der Waals surface area contributed by atoms with Crippen LogP contribution in [-0.4, -0.2) is 44.3 Å². The predicted molar refractivity (Wildman–Crippen MR) is 76.0 cm³/mol. The molecule has 1 aromatic carbocycles. The molecule has 1 saturated carbocycles. The van der Waals surface area contributed by atoms with Gasteiger partial charge in [0.25, 0.3) is 0 Å². The van der Waals surface area contributed by atoms with Crippen LogP contribution < -0.4 is 5.32 Å². The fourth-order valence-electron chi connectivity index (χ4n) is 2.20. The summed E-state index contributed by atoms with van der Waals surface area (Å²) < 4.78 is 5.17. The molecule has 0 aromatic heterocycles. The predicted octanol–water partition coefficient (Wildman–Crippen LogP) is 2.60. The number of hydrogen-bond acceptors (Lipinski definition) is 3. The molecule has 3 nitrogen and oxygen atoms in total. The number of hydrogen-bond donors (Lipinski definition) is 1. The maximum Gasteiger partial charge on any atom is 0.0589 e. The summed E-state index contributed by atoms with van der Waals surface area (Å²) >= 11 is 0. The maximum atomic E-state index is 5.17. The Labute approximate surface area is 110 Å². The highest BCUT2D eigenvalue weighted by Crippen LogP contribution is 2.26. The van der Waals surface area contributed by atoms with Crippen molar-refractivity contribution in [2.45, 2.75) is 25.3 Å². The molecule has 0 unspecified atom stereocenters. The lowest BCUT2D eigenvalue weighted by molar-refractivity contribution is 0.143. The molecule has 0 amide bonds. The third-order valence-electron chi connectivity index (χ3n) is 3.37. The highest BCUT2D eigenvalue weighted by molar-refractivity contribution is 5.42. The van der Waals surface area contributed by atoms with Crippen molar-refractivity contribution in [2.75, 3.05) is 38.7 Å². The van der Waals surface area contributed by atoms with Gasteiger partial charge in [-0.15, -0.1) is 0 Å². The maximum absolute atomic E-state index is 5.17. The molecule has 0 aliphatic heterocycles. The van der Waals surface area contributed by atoms with Gasteiger partial charge in [0.05, 0.1) is 6.61 Å². The molecule has 3 heteroatoms. The SMILES string of the molecule is COCCN(CCCNc1ccccc1)C1CC1.